The first-order chi connectivity index (χ1) is 40.9. The first-order valence-corrected chi connectivity index (χ1v) is 28.1. The zero-order chi connectivity index (χ0) is 61.0. The second kappa shape index (κ2) is 32.8. The minimum atomic E-state index is -1.41. The van der Waals surface area contributed by atoms with Gasteiger partial charge in [0.15, 0.2) is 35.3 Å². The fourth-order valence-corrected chi connectivity index (χ4v) is 10.1. The second-order valence-corrected chi connectivity index (χ2v) is 20.8. The Kier molecular flexibility index (Phi) is 25.4. The van der Waals surface area contributed by atoms with Crippen LogP contribution in [0, 0.1) is 49.9 Å². The molecule has 0 radical (unpaired) electrons. The molecule has 11 rings (SSSR count). The van der Waals surface area contributed by atoms with Gasteiger partial charge in [-0.3, -0.25) is 9.59 Å². The van der Waals surface area contributed by atoms with Crippen LogP contribution in [0.5, 0.6) is 11.5 Å². The topological polar surface area (TPSA) is 160 Å². The minimum absolute atomic E-state index is 0. The number of aliphatic hydroxyl groups is 2. The van der Waals surface area contributed by atoms with Gasteiger partial charge in [-0.2, -0.15) is 0 Å². The molecule has 3 saturated heterocycles. The number of nitrogens with one attached hydrogen (secondary N) is 1. The number of aromatic hydroxyl groups is 1. The van der Waals surface area contributed by atoms with E-state index in [4.69, 9.17) is 20.1 Å². The number of aryl methyl sites for hydroxylation is 3. The summed E-state index contributed by atoms with van der Waals surface area (Å²) in [5.74, 6) is -4.00. The Labute approximate surface area is 504 Å². The number of benzene rings is 8. The number of hydrogen-bond donors (Lipinski definition) is 5. The van der Waals surface area contributed by atoms with Crippen LogP contribution < -0.4 is 10.1 Å². The number of ether oxygens (including phenoxy) is 1. The van der Waals surface area contributed by atoms with Crippen molar-refractivity contribution in [1.82, 2.24) is 15.1 Å². The van der Waals surface area contributed by atoms with E-state index >= 15 is 0 Å². The van der Waals surface area contributed by atoms with Gasteiger partial charge >= 0.3 is 5.97 Å². The summed E-state index contributed by atoms with van der Waals surface area (Å²) in [6.45, 7) is 7.86. The van der Waals surface area contributed by atoms with Crippen LogP contribution in [0.2, 0.25) is 0 Å². The Bertz CT molecular complexity index is 3420. The maximum Gasteiger partial charge on any atom is 0.337 e. The summed E-state index contributed by atoms with van der Waals surface area (Å²) in [5, 5.41) is 39.8. The van der Waals surface area contributed by atoms with Crippen molar-refractivity contribution >= 4 is 30.2 Å². The standard InChI is InChI=1S/C25H23F2NO2.C19H20FNO2.C10H12FN.C9H10O3.C6H5FO.ClH/c1-17-12-14-18(15-13-17)24(30-23-11-5-4-9-21(23)27)25(29)28-16-6-10-22(28)19-7-2-3-8-20(19)26;1-13-8-10-14(11-9-13)18(22)19(23)21-12-4-7-17(21)15-5-2-3-6-16(15)20;11-9-5-2-1-4-8(9)10-6-3-7-12-10;1-6-2-4-7(5-3-6)8(10)9(11)12;7-5-3-1-2-4-6(5)8;/h2-5,7-9,11-15,22,24H,6,10,16H2,1H3;2-3,5-6,8-11,17-18,22H,4,7,12H2,1H3;1-2,4-5,10,12H,3,6-7H2;2-5,8,10H,1H3,(H,11,12);1-4,8H;1H. The van der Waals surface area contributed by atoms with E-state index < -0.39 is 35.9 Å². The van der Waals surface area contributed by atoms with Crippen molar-refractivity contribution in [2.75, 3.05) is 19.6 Å². The highest BCUT2D eigenvalue weighted by atomic mass is 35.5. The van der Waals surface area contributed by atoms with Crippen LogP contribution in [0.15, 0.2) is 194 Å². The molecular weight excluding hydrogens is 1130 g/mol. The highest BCUT2D eigenvalue weighted by molar-refractivity contribution is 5.85. The van der Waals surface area contributed by atoms with Gasteiger partial charge in [0.1, 0.15) is 17.5 Å². The Morgan fingerprint density at radius 2 is 0.872 bits per heavy atom. The molecule has 3 heterocycles. The van der Waals surface area contributed by atoms with Crippen molar-refractivity contribution in [3.8, 4) is 11.5 Å². The number of carboxylic acid groups (broad SMARTS) is 1. The van der Waals surface area contributed by atoms with E-state index in [1.165, 1.54) is 48.5 Å². The second-order valence-electron chi connectivity index (χ2n) is 20.8. The van der Waals surface area contributed by atoms with E-state index in [9.17, 15) is 41.4 Å². The highest BCUT2D eigenvalue weighted by Crippen LogP contribution is 2.38. The zero-order valence-electron chi connectivity index (χ0n) is 47.9. The fraction of sp³-hybridized carbons (Fsp3) is 0.261. The van der Waals surface area contributed by atoms with Crippen molar-refractivity contribution in [3.63, 3.8) is 0 Å². The van der Waals surface area contributed by atoms with Crippen LogP contribution in [-0.4, -0.2) is 67.6 Å². The molecule has 0 bridgehead atoms. The average molecular weight is 1200 g/mol. The van der Waals surface area contributed by atoms with Crippen LogP contribution in [0.1, 0.15) is 125 Å². The maximum atomic E-state index is 14.4. The number of likely N-dealkylation sites (tertiary alicyclic amines) is 2. The number of carbonyl (C=O) groups excluding carboxylic acids is 2. The molecule has 0 aromatic heterocycles. The predicted molar refractivity (Wildman–Crippen MR) is 323 cm³/mol. The summed E-state index contributed by atoms with van der Waals surface area (Å²) >= 11 is 0. The Balaban J connectivity index is 0.000000185. The Hall–Kier alpha value is -8.41. The number of phenolic OH excluding ortho intramolecular Hbond substituents is 1. The van der Waals surface area contributed by atoms with E-state index in [0.29, 0.717) is 53.7 Å². The van der Waals surface area contributed by atoms with Crippen molar-refractivity contribution in [2.45, 2.75) is 95.7 Å². The molecule has 17 heteroatoms. The molecule has 3 aliphatic heterocycles. The van der Waals surface area contributed by atoms with E-state index in [1.54, 1.807) is 107 Å². The number of aliphatic carboxylic acids is 1. The van der Waals surface area contributed by atoms with Crippen LogP contribution in [-0.2, 0) is 14.4 Å². The monoisotopic (exact) mass is 1200 g/mol. The third-order valence-corrected chi connectivity index (χ3v) is 14.7. The van der Waals surface area contributed by atoms with Crippen LogP contribution in [0.25, 0.3) is 0 Å². The summed E-state index contributed by atoms with van der Waals surface area (Å²) in [6, 6.07) is 52.6. The molecule has 0 aliphatic carbocycles. The summed E-state index contributed by atoms with van der Waals surface area (Å²) in [7, 11) is 0. The third-order valence-electron chi connectivity index (χ3n) is 14.7. The minimum Gasteiger partial charge on any atom is -0.505 e. The third kappa shape index (κ3) is 18.3. The molecule has 5 N–H and O–H groups in total. The number of nitrogens with zero attached hydrogens (tertiary/aromatic N) is 2. The molecular formula is C69H71ClF5N3O8. The van der Waals surface area contributed by atoms with Crippen LogP contribution >= 0.6 is 12.4 Å². The average Bonchev–Trinajstić information content (AvgIpc) is 4.01. The zero-order valence-corrected chi connectivity index (χ0v) is 48.7. The number of aliphatic hydroxyl groups excluding tert-OH is 2. The first-order valence-electron chi connectivity index (χ1n) is 28.1. The van der Waals surface area contributed by atoms with Gasteiger partial charge in [0.2, 0.25) is 6.10 Å². The summed E-state index contributed by atoms with van der Waals surface area (Å²) < 4.78 is 73.9. The molecule has 6 unspecified atom stereocenters. The lowest BCUT2D eigenvalue weighted by Crippen LogP contribution is -2.37. The number of carboxylic acids is 1. The van der Waals surface area contributed by atoms with Gasteiger partial charge in [0.05, 0.1) is 12.1 Å². The molecule has 3 aliphatic rings. The smallest absolute Gasteiger partial charge is 0.337 e. The SMILES string of the molecule is Cc1ccc(C(O)C(=O)N2CCCC2c2ccccc2F)cc1.Cc1ccc(C(O)C(=O)O)cc1.Cc1ccc(C(Oc2ccccc2F)C(=O)N2CCCC2c2ccccc2F)cc1.Cl.Fc1ccccc1C1CCCN1.Oc1ccccc1F. The number of halogens is 6. The fourth-order valence-electron chi connectivity index (χ4n) is 10.1. The van der Waals surface area contributed by atoms with Gasteiger partial charge in [-0.25, -0.2) is 26.7 Å². The van der Waals surface area contributed by atoms with E-state index in [0.717, 1.165) is 54.5 Å². The predicted octanol–water partition coefficient (Wildman–Crippen LogP) is 14.6. The largest absolute Gasteiger partial charge is 0.505 e. The van der Waals surface area contributed by atoms with Gasteiger partial charge < -0.3 is 40.3 Å². The summed E-state index contributed by atoms with van der Waals surface area (Å²) in [5.41, 5.74) is 6.60. The molecule has 8 aromatic rings. The molecule has 11 nitrogen and oxygen atoms in total. The molecule has 2 amide bonds. The molecule has 0 spiro atoms. The highest BCUT2D eigenvalue weighted by Gasteiger charge is 2.38. The van der Waals surface area contributed by atoms with Gasteiger partial charge in [-0.15, -0.1) is 12.4 Å². The molecule has 8 aromatic carbocycles. The summed E-state index contributed by atoms with van der Waals surface area (Å²) in [6.07, 6.45) is 1.54. The Morgan fingerprint density at radius 1 is 0.477 bits per heavy atom. The van der Waals surface area contributed by atoms with Crippen molar-refractivity contribution in [3.05, 3.63) is 273 Å². The van der Waals surface area contributed by atoms with Crippen molar-refractivity contribution in [1.29, 1.82) is 0 Å². The number of amides is 2. The number of hydrogen-bond acceptors (Lipinski definition) is 8. The Morgan fingerprint density at radius 3 is 1.28 bits per heavy atom. The molecule has 452 valence electrons. The van der Waals surface area contributed by atoms with E-state index in [1.807, 2.05) is 69.3 Å². The quantitative estimate of drug-likeness (QED) is 0.0795. The normalized spacial score (nSPS) is 16.8. The first kappa shape index (κ1) is 66.7. The molecule has 6 atom stereocenters. The van der Waals surface area contributed by atoms with E-state index in [-0.39, 0.29) is 71.3 Å². The molecule has 3 fully saturated rings. The number of phenols is 1. The summed E-state index contributed by atoms with van der Waals surface area (Å²) in [4.78, 5) is 39.9. The lowest BCUT2D eigenvalue weighted by atomic mass is 10.0. The molecule has 86 heavy (non-hydrogen) atoms. The van der Waals surface area contributed by atoms with Gasteiger partial charge in [-0.1, -0.05) is 168 Å². The van der Waals surface area contributed by atoms with Crippen LogP contribution in [0.4, 0.5) is 22.0 Å². The van der Waals surface area contributed by atoms with Gasteiger partial charge in [0, 0.05) is 41.4 Å². The number of rotatable bonds is 11. The van der Waals surface area contributed by atoms with Crippen molar-refractivity contribution < 1.29 is 61.5 Å². The number of carbonyl (C=O) groups is 3. The van der Waals surface area contributed by atoms with Gasteiger partial charge in [0.25, 0.3) is 11.8 Å². The van der Waals surface area contributed by atoms with Crippen molar-refractivity contribution in [2.24, 2.45) is 0 Å². The lowest BCUT2D eigenvalue weighted by Gasteiger charge is -2.30. The number of para-hydroxylation sites is 2. The van der Waals surface area contributed by atoms with E-state index in [2.05, 4.69) is 5.32 Å². The van der Waals surface area contributed by atoms with Crippen LogP contribution in [0.3, 0.4) is 0 Å². The maximum absolute atomic E-state index is 14.4. The van der Waals surface area contributed by atoms with Gasteiger partial charge in [-0.05, 0) is 119 Å². The molecule has 0 saturated carbocycles. The lowest BCUT2D eigenvalue weighted by molar-refractivity contribution is -0.147.